The van der Waals surface area contributed by atoms with Gasteiger partial charge >= 0.3 is 11.6 Å². The van der Waals surface area contributed by atoms with Crippen molar-refractivity contribution in [2.75, 3.05) is 0 Å². The van der Waals surface area contributed by atoms with Crippen LogP contribution in [-0.4, -0.2) is 5.97 Å². The molecule has 4 nitrogen and oxygen atoms in total. The van der Waals surface area contributed by atoms with Crippen LogP contribution in [0.3, 0.4) is 0 Å². The third-order valence-electron chi connectivity index (χ3n) is 2.96. The van der Waals surface area contributed by atoms with E-state index in [0.717, 1.165) is 5.56 Å². The smallest absolute Gasteiger partial charge is 0.343 e. The summed E-state index contributed by atoms with van der Waals surface area (Å²) < 4.78 is 10.2. The first-order valence-corrected chi connectivity index (χ1v) is 6.47. The lowest BCUT2D eigenvalue weighted by molar-refractivity contribution is -0.135. The highest BCUT2D eigenvalue weighted by Crippen LogP contribution is 2.37. The summed E-state index contributed by atoms with van der Waals surface area (Å²) in [7, 11) is 0. The minimum absolute atomic E-state index is 0.178. The zero-order chi connectivity index (χ0) is 12.7. The Labute approximate surface area is 107 Å². The molecule has 2 aromatic heterocycles. The van der Waals surface area contributed by atoms with Crippen molar-refractivity contribution in [2.45, 2.75) is 19.3 Å². The fraction of sp³-hybridized carbons (Fsp3) is 0.231. The van der Waals surface area contributed by atoms with Crippen LogP contribution in [0.1, 0.15) is 29.2 Å². The Morgan fingerprint density at radius 3 is 2.94 bits per heavy atom. The summed E-state index contributed by atoms with van der Waals surface area (Å²) in [5.41, 5.74) is 0.973. The number of hydrogen-bond acceptors (Lipinski definition) is 5. The van der Waals surface area contributed by atoms with Gasteiger partial charge in [0.05, 0.1) is 12.0 Å². The van der Waals surface area contributed by atoms with Crippen LogP contribution in [0.5, 0.6) is 5.75 Å². The Kier molecular flexibility index (Phi) is 2.56. The summed E-state index contributed by atoms with van der Waals surface area (Å²) in [6, 6.07) is 3.50. The standard InChI is InChI=1S/C13H10O4S/c1-7-4-10-12(13(15)16-7)9(5-11(14)17-10)8-2-3-18-6-8/h2-4,6,9H,5H2,1H3/t9-/m0/s1. The number of thiophene rings is 1. The number of ether oxygens (including phenoxy) is 1. The molecule has 0 aromatic carbocycles. The maximum atomic E-state index is 11.9. The zero-order valence-corrected chi connectivity index (χ0v) is 10.5. The van der Waals surface area contributed by atoms with Crippen LogP contribution < -0.4 is 10.4 Å². The number of carbonyl (C=O) groups excluding carboxylic acids is 1. The molecule has 0 saturated carbocycles. The summed E-state index contributed by atoms with van der Waals surface area (Å²) in [6.07, 6.45) is 0.178. The van der Waals surface area contributed by atoms with Gasteiger partial charge in [-0.1, -0.05) is 0 Å². The van der Waals surface area contributed by atoms with Crippen LogP contribution in [0.25, 0.3) is 0 Å². The van der Waals surface area contributed by atoms with E-state index in [1.54, 1.807) is 13.0 Å². The van der Waals surface area contributed by atoms with Crippen LogP contribution in [0.2, 0.25) is 0 Å². The second-order valence-corrected chi connectivity index (χ2v) is 4.99. The Morgan fingerprint density at radius 2 is 2.22 bits per heavy atom. The maximum Gasteiger partial charge on any atom is 0.343 e. The molecule has 3 rings (SSSR count). The minimum Gasteiger partial charge on any atom is -0.428 e. The maximum absolute atomic E-state index is 11.9. The normalized spacial score (nSPS) is 18.3. The van der Waals surface area contributed by atoms with Crippen LogP contribution in [0, 0.1) is 6.92 Å². The van der Waals surface area contributed by atoms with E-state index >= 15 is 0 Å². The van der Waals surface area contributed by atoms with Gasteiger partial charge in [0.25, 0.3) is 0 Å². The highest BCUT2D eigenvalue weighted by atomic mass is 32.1. The van der Waals surface area contributed by atoms with Gasteiger partial charge in [0.15, 0.2) is 0 Å². The van der Waals surface area contributed by atoms with Crippen molar-refractivity contribution in [2.24, 2.45) is 0 Å². The SMILES string of the molecule is Cc1cc2c(c(=O)o1)[C@H](c1ccsc1)CC(=O)O2. The van der Waals surface area contributed by atoms with Gasteiger partial charge < -0.3 is 9.15 Å². The fourth-order valence-corrected chi connectivity index (χ4v) is 2.90. The third kappa shape index (κ3) is 1.76. The van der Waals surface area contributed by atoms with Gasteiger partial charge in [0, 0.05) is 12.0 Å². The molecule has 0 N–H and O–H groups in total. The van der Waals surface area contributed by atoms with Crippen molar-refractivity contribution >= 4 is 17.3 Å². The van der Waals surface area contributed by atoms with Gasteiger partial charge in [-0.15, -0.1) is 0 Å². The molecule has 1 aliphatic rings. The van der Waals surface area contributed by atoms with Crippen LogP contribution in [0.15, 0.2) is 32.1 Å². The molecule has 0 spiro atoms. The second-order valence-electron chi connectivity index (χ2n) is 4.21. The first-order chi connectivity index (χ1) is 8.65. The highest BCUT2D eigenvalue weighted by Gasteiger charge is 2.32. The van der Waals surface area contributed by atoms with E-state index in [-0.39, 0.29) is 18.3 Å². The number of carbonyl (C=O) groups is 1. The molecule has 0 unspecified atom stereocenters. The highest BCUT2D eigenvalue weighted by molar-refractivity contribution is 7.08. The number of rotatable bonds is 1. The lowest BCUT2D eigenvalue weighted by atomic mass is 9.89. The molecule has 92 valence electrons. The Hall–Kier alpha value is -1.88. The first kappa shape index (κ1) is 11.2. The van der Waals surface area contributed by atoms with Gasteiger partial charge in [-0.25, -0.2) is 4.79 Å². The Balaban J connectivity index is 2.21. The van der Waals surface area contributed by atoms with Gasteiger partial charge in [-0.2, -0.15) is 11.3 Å². The molecular weight excluding hydrogens is 252 g/mol. The Bertz CT molecular complexity index is 654. The van der Waals surface area contributed by atoms with Crippen molar-refractivity contribution in [1.82, 2.24) is 0 Å². The number of fused-ring (bicyclic) bond motifs is 1. The van der Waals surface area contributed by atoms with E-state index in [0.29, 0.717) is 17.1 Å². The molecule has 3 heterocycles. The van der Waals surface area contributed by atoms with Crippen molar-refractivity contribution in [3.8, 4) is 5.75 Å². The predicted molar refractivity (Wildman–Crippen MR) is 66.1 cm³/mol. The van der Waals surface area contributed by atoms with Crippen LogP contribution in [0.4, 0.5) is 0 Å². The molecule has 18 heavy (non-hydrogen) atoms. The number of aryl methyl sites for hydroxylation is 1. The number of hydrogen-bond donors (Lipinski definition) is 0. The summed E-state index contributed by atoms with van der Waals surface area (Å²) in [6.45, 7) is 1.66. The summed E-state index contributed by atoms with van der Waals surface area (Å²) >= 11 is 1.53. The summed E-state index contributed by atoms with van der Waals surface area (Å²) in [5, 5.41) is 3.86. The second kappa shape index (κ2) is 4.10. The molecule has 5 heteroatoms. The van der Waals surface area contributed by atoms with Crippen molar-refractivity contribution in [1.29, 1.82) is 0 Å². The predicted octanol–water partition coefficient (Wildman–Crippen LogP) is 2.45. The molecule has 1 aliphatic heterocycles. The molecule has 0 radical (unpaired) electrons. The number of esters is 1. The van der Waals surface area contributed by atoms with E-state index in [9.17, 15) is 9.59 Å². The lowest BCUT2D eigenvalue weighted by Crippen LogP contribution is -2.26. The van der Waals surface area contributed by atoms with E-state index < -0.39 is 5.63 Å². The van der Waals surface area contributed by atoms with E-state index in [2.05, 4.69) is 0 Å². The molecule has 0 saturated heterocycles. The fourth-order valence-electron chi connectivity index (χ4n) is 2.18. The quantitative estimate of drug-likeness (QED) is 0.741. The van der Waals surface area contributed by atoms with E-state index in [1.807, 2.05) is 16.8 Å². The van der Waals surface area contributed by atoms with E-state index in [4.69, 9.17) is 9.15 Å². The Morgan fingerprint density at radius 1 is 1.39 bits per heavy atom. The molecule has 0 aliphatic carbocycles. The van der Waals surface area contributed by atoms with Gasteiger partial charge in [0.2, 0.25) is 0 Å². The first-order valence-electron chi connectivity index (χ1n) is 5.52. The molecule has 1 atom stereocenters. The minimum atomic E-state index is -0.423. The van der Waals surface area contributed by atoms with Crippen LogP contribution >= 0.6 is 11.3 Å². The summed E-state index contributed by atoms with van der Waals surface area (Å²) in [4.78, 5) is 23.5. The molecule has 0 amide bonds. The largest absolute Gasteiger partial charge is 0.428 e. The zero-order valence-electron chi connectivity index (χ0n) is 9.64. The van der Waals surface area contributed by atoms with Crippen LogP contribution in [-0.2, 0) is 4.79 Å². The topological polar surface area (TPSA) is 56.5 Å². The average molecular weight is 262 g/mol. The molecule has 2 aromatic rings. The van der Waals surface area contributed by atoms with Crippen molar-refractivity contribution < 1.29 is 13.9 Å². The van der Waals surface area contributed by atoms with Gasteiger partial charge in [0.1, 0.15) is 11.5 Å². The van der Waals surface area contributed by atoms with Crippen molar-refractivity contribution in [3.63, 3.8) is 0 Å². The van der Waals surface area contributed by atoms with Gasteiger partial charge in [-0.05, 0) is 29.3 Å². The third-order valence-corrected chi connectivity index (χ3v) is 3.66. The van der Waals surface area contributed by atoms with Gasteiger partial charge in [-0.3, -0.25) is 4.79 Å². The summed E-state index contributed by atoms with van der Waals surface area (Å²) in [5.74, 6) is 0.196. The molecule has 0 bridgehead atoms. The lowest BCUT2D eigenvalue weighted by Gasteiger charge is -2.22. The van der Waals surface area contributed by atoms with Crippen molar-refractivity contribution in [3.05, 3.63) is 50.2 Å². The molecular formula is C13H10O4S. The molecule has 0 fully saturated rings. The van der Waals surface area contributed by atoms with E-state index in [1.165, 1.54) is 11.3 Å². The average Bonchev–Trinajstić information content (AvgIpc) is 2.79. The monoisotopic (exact) mass is 262 g/mol.